The molecule has 1 aliphatic rings. The third-order valence-electron chi connectivity index (χ3n) is 4.77. The van der Waals surface area contributed by atoms with E-state index in [4.69, 9.17) is 9.47 Å². The van der Waals surface area contributed by atoms with Crippen molar-refractivity contribution >= 4 is 23.2 Å². The summed E-state index contributed by atoms with van der Waals surface area (Å²) in [7, 11) is 0. The first-order chi connectivity index (χ1) is 15.1. The Bertz CT molecular complexity index is 1080. The van der Waals surface area contributed by atoms with E-state index in [2.05, 4.69) is 5.32 Å². The zero-order chi connectivity index (χ0) is 21.6. The maximum absolute atomic E-state index is 13.2. The lowest BCUT2D eigenvalue weighted by Crippen LogP contribution is -2.38. The third-order valence-corrected chi connectivity index (χ3v) is 4.77. The average molecular weight is 420 g/mol. The number of hydrogen-bond donors (Lipinski definition) is 1. The molecule has 31 heavy (non-hydrogen) atoms. The van der Waals surface area contributed by atoms with Crippen molar-refractivity contribution in [2.45, 2.75) is 12.8 Å². The molecule has 0 saturated carbocycles. The van der Waals surface area contributed by atoms with E-state index in [9.17, 15) is 14.0 Å². The molecule has 0 aromatic heterocycles. The number of benzene rings is 3. The lowest BCUT2D eigenvalue weighted by Gasteiger charge is -2.29. The number of carbonyl (C=O) groups is 2. The number of nitrogens with one attached hydrogen (secondary N) is 1. The molecule has 0 spiro atoms. The van der Waals surface area contributed by atoms with Gasteiger partial charge in [-0.05, 0) is 48.5 Å². The summed E-state index contributed by atoms with van der Waals surface area (Å²) >= 11 is 0. The summed E-state index contributed by atoms with van der Waals surface area (Å²) in [5, 5.41) is 2.77. The minimum Gasteiger partial charge on any atom is -0.490 e. The zero-order valence-corrected chi connectivity index (χ0v) is 16.7. The quantitative estimate of drug-likeness (QED) is 0.624. The molecule has 0 fully saturated rings. The Labute approximate surface area is 179 Å². The highest BCUT2D eigenvalue weighted by Gasteiger charge is 2.23. The van der Waals surface area contributed by atoms with Gasteiger partial charge in [-0.1, -0.05) is 18.2 Å². The van der Waals surface area contributed by atoms with Gasteiger partial charge in [-0.15, -0.1) is 0 Å². The number of ether oxygens (including phenoxy) is 2. The maximum atomic E-state index is 13.2. The van der Waals surface area contributed by atoms with Gasteiger partial charge in [-0.2, -0.15) is 0 Å². The largest absolute Gasteiger partial charge is 0.490 e. The molecule has 6 nitrogen and oxygen atoms in total. The summed E-state index contributed by atoms with van der Waals surface area (Å²) in [6.45, 7) is 0.892. The summed E-state index contributed by atoms with van der Waals surface area (Å²) in [5.41, 5.74) is 1.31. The van der Waals surface area contributed by atoms with E-state index < -0.39 is 0 Å². The Morgan fingerprint density at radius 3 is 2.58 bits per heavy atom. The van der Waals surface area contributed by atoms with Crippen molar-refractivity contribution in [2.24, 2.45) is 0 Å². The highest BCUT2D eigenvalue weighted by molar-refractivity contribution is 5.99. The van der Waals surface area contributed by atoms with Crippen LogP contribution in [-0.2, 0) is 9.59 Å². The summed E-state index contributed by atoms with van der Waals surface area (Å²) in [6.07, 6.45) is 0.167. The number of nitrogens with zero attached hydrogens (tertiary/aromatic N) is 1. The van der Waals surface area contributed by atoms with Crippen molar-refractivity contribution in [1.29, 1.82) is 0 Å². The first kappa shape index (κ1) is 20.4. The summed E-state index contributed by atoms with van der Waals surface area (Å²) in [6, 6.07) is 19.9. The Hall–Kier alpha value is -3.87. The predicted molar refractivity (Wildman–Crippen MR) is 115 cm³/mol. The molecule has 1 aliphatic heterocycles. The first-order valence-electron chi connectivity index (χ1n) is 9.94. The number of halogens is 1. The molecule has 7 heteroatoms. The van der Waals surface area contributed by atoms with Crippen LogP contribution in [0.1, 0.15) is 12.8 Å². The van der Waals surface area contributed by atoms with Crippen molar-refractivity contribution in [3.05, 3.63) is 78.6 Å². The number of carbonyl (C=O) groups excluding carboxylic acids is 2. The molecule has 2 amide bonds. The monoisotopic (exact) mass is 420 g/mol. The van der Waals surface area contributed by atoms with E-state index in [1.54, 1.807) is 41.3 Å². The SMILES string of the molecule is O=C(CCC(=O)N1CCOc2ccccc21)Nc1ccc(Oc2cccc(F)c2)cc1. The van der Waals surface area contributed by atoms with Crippen LogP contribution in [0.15, 0.2) is 72.8 Å². The maximum Gasteiger partial charge on any atom is 0.227 e. The second kappa shape index (κ2) is 9.30. The Kier molecular flexibility index (Phi) is 6.12. The van der Waals surface area contributed by atoms with Crippen LogP contribution >= 0.6 is 0 Å². The molecule has 0 atom stereocenters. The molecule has 0 saturated heterocycles. The number of rotatable bonds is 6. The normalized spacial score (nSPS) is 12.5. The fraction of sp³-hybridized carbons (Fsp3) is 0.167. The topological polar surface area (TPSA) is 67.9 Å². The van der Waals surface area contributed by atoms with Gasteiger partial charge in [-0.3, -0.25) is 9.59 Å². The molecule has 1 heterocycles. The van der Waals surface area contributed by atoms with E-state index in [0.29, 0.717) is 36.1 Å². The summed E-state index contributed by atoms with van der Waals surface area (Å²) in [5.74, 6) is 0.826. The van der Waals surface area contributed by atoms with Gasteiger partial charge in [0.2, 0.25) is 11.8 Å². The highest BCUT2D eigenvalue weighted by atomic mass is 19.1. The fourth-order valence-electron chi connectivity index (χ4n) is 3.28. The van der Waals surface area contributed by atoms with Gasteiger partial charge >= 0.3 is 0 Å². The second-order valence-electron chi connectivity index (χ2n) is 6.99. The number of para-hydroxylation sites is 2. The molecule has 3 aromatic carbocycles. The van der Waals surface area contributed by atoms with Crippen molar-refractivity contribution in [2.75, 3.05) is 23.4 Å². The lowest BCUT2D eigenvalue weighted by molar-refractivity contribution is -0.122. The van der Waals surface area contributed by atoms with Crippen LogP contribution in [0.25, 0.3) is 0 Å². The minimum absolute atomic E-state index is 0.0693. The minimum atomic E-state index is -0.378. The van der Waals surface area contributed by atoms with Crippen molar-refractivity contribution in [3.63, 3.8) is 0 Å². The number of anilines is 2. The third kappa shape index (κ3) is 5.19. The zero-order valence-electron chi connectivity index (χ0n) is 16.7. The summed E-state index contributed by atoms with van der Waals surface area (Å²) < 4.78 is 24.4. The average Bonchev–Trinajstić information content (AvgIpc) is 2.78. The van der Waals surface area contributed by atoms with E-state index in [1.807, 2.05) is 24.3 Å². The molecular weight excluding hydrogens is 399 g/mol. The second-order valence-corrected chi connectivity index (χ2v) is 6.99. The highest BCUT2D eigenvalue weighted by Crippen LogP contribution is 2.31. The van der Waals surface area contributed by atoms with Crippen molar-refractivity contribution < 1.29 is 23.5 Å². The van der Waals surface area contributed by atoms with Gasteiger partial charge in [-0.25, -0.2) is 4.39 Å². The summed E-state index contributed by atoms with van der Waals surface area (Å²) in [4.78, 5) is 26.5. The van der Waals surface area contributed by atoms with Gasteiger partial charge in [0.05, 0.1) is 12.2 Å². The Morgan fingerprint density at radius 1 is 0.968 bits per heavy atom. The standard InChI is InChI=1S/C24H21FN2O4/c25-17-4-3-5-20(16-17)31-19-10-8-18(9-11-19)26-23(28)12-13-24(29)27-14-15-30-22-7-2-1-6-21(22)27/h1-11,16H,12-15H2,(H,26,28). The van der Waals surface area contributed by atoms with Gasteiger partial charge in [0.25, 0.3) is 0 Å². The molecule has 0 radical (unpaired) electrons. The van der Waals surface area contributed by atoms with Gasteiger partial charge in [0, 0.05) is 24.6 Å². The van der Waals surface area contributed by atoms with Crippen molar-refractivity contribution in [1.82, 2.24) is 0 Å². The molecule has 1 N–H and O–H groups in total. The van der Waals surface area contributed by atoms with E-state index in [-0.39, 0.29) is 30.5 Å². The van der Waals surface area contributed by atoms with Crippen LogP contribution in [0.4, 0.5) is 15.8 Å². The van der Waals surface area contributed by atoms with Crippen LogP contribution < -0.4 is 19.7 Å². The number of amides is 2. The molecule has 0 aliphatic carbocycles. The predicted octanol–water partition coefficient (Wildman–Crippen LogP) is 4.76. The number of fused-ring (bicyclic) bond motifs is 1. The van der Waals surface area contributed by atoms with E-state index in [1.165, 1.54) is 12.1 Å². The molecule has 0 unspecified atom stereocenters. The van der Waals surface area contributed by atoms with Crippen LogP contribution in [0.3, 0.4) is 0 Å². The van der Waals surface area contributed by atoms with E-state index >= 15 is 0 Å². The lowest BCUT2D eigenvalue weighted by atomic mass is 10.2. The molecule has 0 bridgehead atoms. The van der Waals surface area contributed by atoms with Gasteiger partial charge in [0.15, 0.2) is 0 Å². The van der Waals surface area contributed by atoms with Crippen LogP contribution in [-0.4, -0.2) is 25.0 Å². The van der Waals surface area contributed by atoms with Gasteiger partial charge < -0.3 is 19.7 Å². The van der Waals surface area contributed by atoms with Crippen molar-refractivity contribution in [3.8, 4) is 17.2 Å². The van der Waals surface area contributed by atoms with Gasteiger partial charge in [0.1, 0.15) is 29.7 Å². The fourth-order valence-corrected chi connectivity index (χ4v) is 3.28. The van der Waals surface area contributed by atoms with E-state index in [0.717, 1.165) is 5.69 Å². The number of hydrogen-bond acceptors (Lipinski definition) is 4. The van der Waals surface area contributed by atoms with Crippen LogP contribution in [0.5, 0.6) is 17.2 Å². The molecule has 4 rings (SSSR count). The van der Waals surface area contributed by atoms with Crippen LogP contribution in [0.2, 0.25) is 0 Å². The first-order valence-corrected chi connectivity index (χ1v) is 9.94. The molecule has 158 valence electrons. The Morgan fingerprint density at radius 2 is 1.77 bits per heavy atom. The molecular formula is C24H21FN2O4. The molecule has 3 aromatic rings. The Balaban J connectivity index is 1.29. The van der Waals surface area contributed by atoms with Crippen LogP contribution in [0, 0.1) is 5.82 Å². The smallest absolute Gasteiger partial charge is 0.227 e.